The third-order valence-electron chi connectivity index (χ3n) is 3.13. The van der Waals surface area contributed by atoms with Crippen LogP contribution in [0.1, 0.15) is 30.2 Å². The highest BCUT2D eigenvalue weighted by atomic mass is 32.1. The summed E-state index contributed by atoms with van der Waals surface area (Å²) in [6.07, 6.45) is 2.18. The van der Waals surface area contributed by atoms with Gasteiger partial charge in [-0.2, -0.15) is 0 Å². The Kier molecular flexibility index (Phi) is 5.16. The number of rotatable bonds is 6. The van der Waals surface area contributed by atoms with Crippen molar-refractivity contribution in [1.82, 2.24) is 4.90 Å². The first-order valence-corrected chi connectivity index (χ1v) is 7.23. The summed E-state index contributed by atoms with van der Waals surface area (Å²) in [4.78, 5) is 14.1. The van der Waals surface area contributed by atoms with Crippen molar-refractivity contribution < 1.29 is 14.6 Å². The number of thiophene rings is 1. The number of aliphatic carboxylic acids is 1. The van der Waals surface area contributed by atoms with Crippen LogP contribution in [-0.2, 0) is 9.53 Å². The SMILES string of the molecule is O=C(O)CCCCN1CCOC(c2cccs2)C1. The van der Waals surface area contributed by atoms with Crippen LogP contribution in [0, 0.1) is 0 Å². The minimum absolute atomic E-state index is 0.193. The number of carboxylic acid groups (broad SMARTS) is 1. The average molecular weight is 269 g/mol. The Balaban J connectivity index is 1.72. The monoisotopic (exact) mass is 269 g/mol. The molecule has 1 aromatic heterocycles. The van der Waals surface area contributed by atoms with Crippen molar-refractivity contribution in [3.05, 3.63) is 22.4 Å². The zero-order valence-corrected chi connectivity index (χ0v) is 11.2. The van der Waals surface area contributed by atoms with Crippen LogP contribution in [0.2, 0.25) is 0 Å². The zero-order valence-electron chi connectivity index (χ0n) is 10.4. The number of hydrogen-bond donors (Lipinski definition) is 1. The van der Waals surface area contributed by atoms with Gasteiger partial charge in [0, 0.05) is 24.4 Å². The van der Waals surface area contributed by atoms with E-state index in [4.69, 9.17) is 9.84 Å². The van der Waals surface area contributed by atoms with Crippen molar-refractivity contribution >= 4 is 17.3 Å². The van der Waals surface area contributed by atoms with Crippen LogP contribution in [0.25, 0.3) is 0 Å². The van der Waals surface area contributed by atoms with Gasteiger partial charge in [-0.15, -0.1) is 11.3 Å². The Labute approximate surface area is 111 Å². The topological polar surface area (TPSA) is 49.8 Å². The summed E-state index contributed by atoms with van der Waals surface area (Å²) < 4.78 is 5.77. The molecule has 2 rings (SSSR count). The van der Waals surface area contributed by atoms with E-state index in [-0.39, 0.29) is 12.5 Å². The van der Waals surface area contributed by atoms with Gasteiger partial charge >= 0.3 is 5.97 Å². The summed E-state index contributed by atoms with van der Waals surface area (Å²) >= 11 is 1.73. The fourth-order valence-electron chi connectivity index (χ4n) is 2.16. The van der Waals surface area contributed by atoms with E-state index in [0.717, 1.165) is 39.1 Å². The molecule has 0 aromatic carbocycles. The highest BCUT2D eigenvalue weighted by Gasteiger charge is 2.22. The van der Waals surface area contributed by atoms with Gasteiger partial charge in [-0.1, -0.05) is 6.07 Å². The number of unbranched alkanes of at least 4 members (excludes halogenated alkanes) is 1. The van der Waals surface area contributed by atoms with Gasteiger partial charge in [0.1, 0.15) is 6.10 Å². The molecule has 18 heavy (non-hydrogen) atoms. The lowest BCUT2D eigenvalue weighted by molar-refractivity contribution is -0.137. The first-order valence-electron chi connectivity index (χ1n) is 6.35. The minimum Gasteiger partial charge on any atom is -0.481 e. The van der Waals surface area contributed by atoms with Crippen molar-refractivity contribution in [3.63, 3.8) is 0 Å². The van der Waals surface area contributed by atoms with Gasteiger partial charge in [0.2, 0.25) is 0 Å². The molecule has 0 bridgehead atoms. The maximum atomic E-state index is 10.4. The normalized spacial score (nSPS) is 21.0. The second kappa shape index (κ2) is 6.87. The number of morpholine rings is 1. The number of nitrogens with zero attached hydrogens (tertiary/aromatic N) is 1. The number of carboxylic acids is 1. The van der Waals surface area contributed by atoms with Gasteiger partial charge in [0.05, 0.1) is 6.61 Å². The van der Waals surface area contributed by atoms with Crippen molar-refractivity contribution in [2.24, 2.45) is 0 Å². The van der Waals surface area contributed by atoms with E-state index in [2.05, 4.69) is 22.4 Å². The second-order valence-corrected chi connectivity index (χ2v) is 5.51. The van der Waals surface area contributed by atoms with Gasteiger partial charge in [0.15, 0.2) is 0 Å². The van der Waals surface area contributed by atoms with E-state index in [1.807, 2.05) is 0 Å². The van der Waals surface area contributed by atoms with Crippen molar-refractivity contribution in [3.8, 4) is 0 Å². The zero-order chi connectivity index (χ0) is 12.8. The van der Waals surface area contributed by atoms with Crippen LogP contribution in [0.3, 0.4) is 0 Å². The quantitative estimate of drug-likeness (QED) is 0.806. The lowest BCUT2D eigenvalue weighted by atomic mass is 10.2. The molecule has 100 valence electrons. The Bertz CT molecular complexity index is 366. The fourth-order valence-corrected chi connectivity index (χ4v) is 2.93. The van der Waals surface area contributed by atoms with Crippen molar-refractivity contribution in [2.75, 3.05) is 26.2 Å². The molecule has 0 radical (unpaired) electrons. The van der Waals surface area contributed by atoms with E-state index in [1.165, 1.54) is 4.88 Å². The van der Waals surface area contributed by atoms with E-state index >= 15 is 0 Å². The standard InChI is InChI=1S/C13H19NO3S/c15-13(16)5-1-2-6-14-7-8-17-11(10-14)12-4-3-9-18-12/h3-4,9,11H,1-2,5-8,10H2,(H,15,16). The summed E-state index contributed by atoms with van der Waals surface area (Å²) in [6, 6.07) is 4.17. The van der Waals surface area contributed by atoms with E-state index in [0.29, 0.717) is 0 Å². The Morgan fingerprint density at radius 3 is 3.17 bits per heavy atom. The predicted molar refractivity (Wildman–Crippen MR) is 70.9 cm³/mol. The maximum Gasteiger partial charge on any atom is 0.303 e. The predicted octanol–water partition coefficient (Wildman–Crippen LogP) is 2.38. The highest BCUT2D eigenvalue weighted by Crippen LogP contribution is 2.26. The largest absolute Gasteiger partial charge is 0.481 e. The molecule has 0 aliphatic carbocycles. The summed E-state index contributed by atoms with van der Waals surface area (Å²) in [7, 11) is 0. The molecule has 1 atom stereocenters. The average Bonchev–Trinajstić information content (AvgIpc) is 2.89. The first-order chi connectivity index (χ1) is 8.75. The number of carbonyl (C=O) groups is 1. The van der Waals surface area contributed by atoms with Crippen LogP contribution in [-0.4, -0.2) is 42.2 Å². The highest BCUT2D eigenvalue weighted by molar-refractivity contribution is 7.10. The lowest BCUT2D eigenvalue weighted by Crippen LogP contribution is -2.38. The van der Waals surface area contributed by atoms with Crippen molar-refractivity contribution in [2.45, 2.75) is 25.4 Å². The summed E-state index contributed by atoms with van der Waals surface area (Å²) in [6.45, 7) is 3.61. The molecule has 1 N–H and O–H groups in total. The molecule has 0 saturated carbocycles. The molecule has 5 heteroatoms. The Morgan fingerprint density at radius 2 is 2.44 bits per heavy atom. The molecule has 2 heterocycles. The van der Waals surface area contributed by atoms with E-state index < -0.39 is 5.97 Å². The molecule has 0 spiro atoms. The fraction of sp³-hybridized carbons (Fsp3) is 0.615. The van der Waals surface area contributed by atoms with Gasteiger partial charge in [-0.25, -0.2) is 0 Å². The van der Waals surface area contributed by atoms with Crippen LogP contribution < -0.4 is 0 Å². The maximum absolute atomic E-state index is 10.4. The van der Waals surface area contributed by atoms with E-state index in [9.17, 15) is 4.79 Å². The molecule has 0 amide bonds. The molecule has 1 unspecified atom stereocenters. The van der Waals surface area contributed by atoms with Gasteiger partial charge in [0.25, 0.3) is 0 Å². The van der Waals surface area contributed by atoms with Gasteiger partial charge < -0.3 is 9.84 Å². The third kappa shape index (κ3) is 4.08. The molecule has 1 aromatic rings. The Morgan fingerprint density at radius 1 is 1.56 bits per heavy atom. The molecule has 1 saturated heterocycles. The van der Waals surface area contributed by atoms with Crippen LogP contribution in [0.4, 0.5) is 0 Å². The number of ether oxygens (including phenoxy) is 1. The van der Waals surface area contributed by atoms with Crippen LogP contribution in [0.15, 0.2) is 17.5 Å². The number of hydrogen-bond acceptors (Lipinski definition) is 4. The minimum atomic E-state index is -0.701. The summed E-state index contributed by atoms with van der Waals surface area (Å²) in [5.41, 5.74) is 0. The molecular weight excluding hydrogens is 250 g/mol. The van der Waals surface area contributed by atoms with Crippen LogP contribution >= 0.6 is 11.3 Å². The molecule has 4 nitrogen and oxygen atoms in total. The van der Waals surface area contributed by atoms with Gasteiger partial charge in [-0.3, -0.25) is 9.69 Å². The molecule has 1 aliphatic heterocycles. The first kappa shape index (κ1) is 13.5. The Hall–Kier alpha value is -0.910. The smallest absolute Gasteiger partial charge is 0.303 e. The van der Waals surface area contributed by atoms with E-state index in [1.54, 1.807) is 11.3 Å². The molecular formula is C13H19NO3S. The molecule has 1 fully saturated rings. The van der Waals surface area contributed by atoms with Crippen molar-refractivity contribution in [1.29, 1.82) is 0 Å². The lowest BCUT2D eigenvalue weighted by Gasteiger charge is -2.32. The second-order valence-electron chi connectivity index (χ2n) is 4.53. The van der Waals surface area contributed by atoms with Crippen LogP contribution in [0.5, 0.6) is 0 Å². The third-order valence-corrected chi connectivity index (χ3v) is 4.09. The molecule has 1 aliphatic rings. The summed E-state index contributed by atoms with van der Waals surface area (Å²) in [5.74, 6) is -0.701. The van der Waals surface area contributed by atoms with Gasteiger partial charge in [-0.05, 0) is 30.8 Å². The summed E-state index contributed by atoms with van der Waals surface area (Å²) in [5, 5.41) is 10.7.